The first-order chi connectivity index (χ1) is 13.0. The van der Waals surface area contributed by atoms with Gasteiger partial charge in [0.25, 0.3) is 11.1 Å². The molecule has 0 unspecified atom stereocenters. The molecular weight excluding hydrogens is 346 g/mol. The zero-order valence-electron chi connectivity index (χ0n) is 14.8. The van der Waals surface area contributed by atoms with E-state index >= 15 is 0 Å². The minimum absolute atomic E-state index is 0.125. The Morgan fingerprint density at radius 1 is 1.11 bits per heavy atom. The van der Waals surface area contributed by atoms with Gasteiger partial charge in [-0.05, 0) is 13.0 Å². The molecule has 1 amide bonds. The second-order valence-corrected chi connectivity index (χ2v) is 6.01. The van der Waals surface area contributed by atoms with E-state index in [0.717, 1.165) is 5.56 Å². The van der Waals surface area contributed by atoms with E-state index in [1.165, 1.54) is 27.8 Å². The Morgan fingerprint density at radius 3 is 2.67 bits per heavy atom. The molecule has 3 rings (SSSR count). The van der Waals surface area contributed by atoms with Gasteiger partial charge in [0.15, 0.2) is 0 Å². The van der Waals surface area contributed by atoms with E-state index in [1.807, 2.05) is 30.3 Å². The minimum atomic E-state index is -0.336. The van der Waals surface area contributed by atoms with Crippen molar-refractivity contribution >= 4 is 5.91 Å². The second kappa shape index (κ2) is 8.22. The van der Waals surface area contributed by atoms with E-state index in [9.17, 15) is 14.4 Å². The highest BCUT2D eigenvalue weighted by Crippen LogP contribution is 2.13. The molecule has 0 saturated carbocycles. The molecule has 138 valence electrons. The molecule has 27 heavy (non-hydrogen) atoms. The van der Waals surface area contributed by atoms with E-state index in [0.29, 0.717) is 11.3 Å². The fourth-order valence-corrected chi connectivity index (χ4v) is 2.56. The van der Waals surface area contributed by atoms with Crippen LogP contribution in [0.3, 0.4) is 0 Å². The summed E-state index contributed by atoms with van der Waals surface area (Å²) in [5.74, 6) is -0.336. The van der Waals surface area contributed by atoms with Crippen LogP contribution in [0.15, 0.2) is 64.6 Å². The van der Waals surface area contributed by atoms with Gasteiger partial charge in [0, 0.05) is 29.9 Å². The van der Waals surface area contributed by atoms with E-state index in [2.05, 4.69) is 15.4 Å². The number of benzene rings is 1. The summed E-state index contributed by atoms with van der Waals surface area (Å²) >= 11 is 0. The van der Waals surface area contributed by atoms with Gasteiger partial charge in [-0.25, -0.2) is 9.67 Å². The number of aromatic nitrogens is 4. The number of nitrogens with zero attached hydrogens (tertiary/aromatic N) is 4. The Kier molecular flexibility index (Phi) is 5.55. The van der Waals surface area contributed by atoms with E-state index in [1.54, 1.807) is 13.0 Å². The molecule has 8 nitrogen and oxygen atoms in total. The van der Waals surface area contributed by atoms with E-state index in [4.69, 9.17) is 0 Å². The average Bonchev–Trinajstić information content (AvgIpc) is 2.67. The van der Waals surface area contributed by atoms with Crippen LogP contribution in [0, 0.1) is 6.92 Å². The summed E-state index contributed by atoms with van der Waals surface area (Å²) in [5, 5.41) is 7.02. The van der Waals surface area contributed by atoms with E-state index < -0.39 is 0 Å². The lowest BCUT2D eigenvalue weighted by molar-refractivity contribution is -0.121. The van der Waals surface area contributed by atoms with Crippen molar-refractivity contribution in [2.75, 3.05) is 6.54 Å². The number of rotatable bonds is 6. The number of nitrogens with one attached hydrogen (secondary N) is 1. The molecule has 3 aromatic rings. The lowest BCUT2D eigenvalue weighted by atomic mass is 10.1. The number of hydrogen-bond donors (Lipinski definition) is 1. The lowest BCUT2D eigenvalue weighted by Crippen LogP contribution is -2.36. The topological polar surface area (TPSA) is 98.9 Å². The van der Waals surface area contributed by atoms with Crippen molar-refractivity contribution in [1.29, 1.82) is 0 Å². The largest absolute Gasteiger partial charge is 0.353 e. The summed E-state index contributed by atoms with van der Waals surface area (Å²) in [5.41, 5.74) is 1.55. The van der Waals surface area contributed by atoms with Crippen molar-refractivity contribution in [3.8, 4) is 11.3 Å². The fourth-order valence-electron chi connectivity index (χ4n) is 2.56. The molecule has 0 aliphatic carbocycles. The number of hydrogen-bond acceptors (Lipinski definition) is 5. The lowest BCUT2D eigenvalue weighted by Gasteiger charge is -2.09. The SMILES string of the molecule is Cc1cncn(CC(=O)NCCn2nc(-c3ccccc3)ccc2=O)c1=O. The number of amides is 1. The van der Waals surface area contributed by atoms with Crippen LogP contribution in [0.5, 0.6) is 0 Å². The van der Waals surface area contributed by atoms with Crippen molar-refractivity contribution < 1.29 is 4.79 Å². The smallest absolute Gasteiger partial charge is 0.266 e. The van der Waals surface area contributed by atoms with Crippen LogP contribution in [0.2, 0.25) is 0 Å². The van der Waals surface area contributed by atoms with Crippen LogP contribution in [0.25, 0.3) is 11.3 Å². The Hall–Kier alpha value is -3.55. The highest BCUT2D eigenvalue weighted by molar-refractivity contribution is 5.75. The van der Waals surface area contributed by atoms with Crippen LogP contribution in [-0.4, -0.2) is 31.8 Å². The van der Waals surface area contributed by atoms with Gasteiger partial charge in [-0.2, -0.15) is 5.10 Å². The van der Waals surface area contributed by atoms with Gasteiger partial charge in [0.05, 0.1) is 18.6 Å². The first-order valence-electron chi connectivity index (χ1n) is 8.46. The Labute approximate surface area is 155 Å². The average molecular weight is 365 g/mol. The third-order valence-electron chi connectivity index (χ3n) is 3.97. The van der Waals surface area contributed by atoms with Crippen LogP contribution in [-0.2, 0) is 17.9 Å². The van der Waals surface area contributed by atoms with Gasteiger partial charge in [0.2, 0.25) is 5.91 Å². The van der Waals surface area contributed by atoms with Gasteiger partial charge in [-0.15, -0.1) is 0 Å². The molecule has 0 radical (unpaired) electrons. The molecule has 0 aliphatic rings. The molecule has 0 bridgehead atoms. The molecule has 2 heterocycles. The Morgan fingerprint density at radius 2 is 1.89 bits per heavy atom. The van der Waals surface area contributed by atoms with Gasteiger partial charge >= 0.3 is 0 Å². The van der Waals surface area contributed by atoms with Crippen molar-refractivity contribution in [2.24, 2.45) is 0 Å². The predicted octanol–water partition coefficient (Wildman–Crippen LogP) is 0.592. The monoisotopic (exact) mass is 365 g/mol. The predicted molar refractivity (Wildman–Crippen MR) is 100 cm³/mol. The van der Waals surface area contributed by atoms with Crippen molar-refractivity contribution in [2.45, 2.75) is 20.0 Å². The van der Waals surface area contributed by atoms with Gasteiger partial charge in [0.1, 0.15) is 6.54 Å². The van der Waals surface area contributed by atoms with E-state index in [-0.39, 0.29) is 36.7 Å². The van der Waals surface area contributed by atoms with Crippen LogP contribution < -0.4 is 16.4 Å². The standard InChI is InChI=1S/C19H19N5O3/c1-14-11-20-13-23(19(14)27)12-17(25)21-9-10-24-18(26)8-7-16(22-24)15-5-3-2-4-6-15/h2-8,11,13H,9-10,12H2,1H3,(H,21,25). The zero-order valence-corrected chi connectivity index (χ0v) is 14.8. The first kappa shape index (κ1) is 18.2. The third kappa shape index (κ3) is 4.55. The van der Waals surface area contributed by atoms with Crippen LogP contribution in [0.4, 0.5) is 0 Å². The fraction of sp³-hybridized carbons (Fsp3) is 0.211. The molecule has 0 spiro atoms. The minimum Gasteiger partial charge on any atom is -0.353 e. The molecular formula is C19H19N5O3. The summed E-state index contributed by atoms with van der Waals surface area (Å²) in [7, 11) is 0. The molecule has 0 atom stereocenters. The van der Waals surface area contributed by atoms with Crippen LogP contribution in [0.1, 0.15) is 5.56 Å². The molecule has 8 heteroatoms. The van der Waals surface area contributed by atoms with Gasteiger partial charge < -0.3 is 5.32 Å². The number of carbonyl (C=O) groups is 1. The maximum absolute atomic E-state index is 12.0. The normalized spacial score (nSPS) is 10.6. The summed E-state index contributed by atoms with van der Waals surface area (Å²) in [6.07, 6.45) is 2.78. The number of carbonyl (C=O) groups excluding carboxylic acids is 1. The molecule has 1 aromatic carbocycles. The van der Waals surface area contributed by atoms with Gasteiger partial charge in [-0.3, -0.25) is 19.0 Å². The zero-order chi connectivity index (χ0) is 19.2. The van der Waals surface area contributed by atoms with Crippen molar-refractivity contribution in [1.82, 2.24) is 24.6 Å². The third-order valence-corrected chi connectivity index (χ3v) is 3.97. The van der Waals surface area contributed by atoms with Gasteiger partial charge in [-0.1, -0.05) is 30.3 Å². The molecule has 0 fully saturated rings. The Bertz CT molecular complexity index is 1060. The highest BCUT2D eigenvalue weighted by Gasteiger charge is 2.07. The van der Waals surface area contributed by atoms with Crippen molar-refractivity contribution in [3.05, 3.63) is 81.3 Å². The molecule has 0 aliphatic heterocycles. The van der Waals surface area contributed by atoms with Crippen molar-refractivity contribution in [3.63, 3.8) is 0 Å². The maximum atomic E-state index is 12.0. The first-order valence-corrected chi connectivity index (χ1v) is 8.46. The molecule has 0 saturated heterocycles. The maximum Gasteiger partial charge on any atom is 0.266 e. The molecule has 2 aromatic heterocycles. The van der Waals surface area contributed by atoms with Crippen LogP contribution >= 0.6 is 0 Å². The summed E-state index contributed by atoms with van der Waals surface area (Å²) in [6, 6.07) is 12.6. The highest BCUT2D eigenvalue weighted by atomic mass is 16.2. The summed E-state index contributed by atoms with van der Waals surface area (Å²) in [4.78, 5) is 39.8. The Balaban J connectivity index is 1.62. The number of aryl methyl sites for hydroxylation is 1. The summed E-state index contributed by atoms with van der Waals surface area (Å²) in [6.45, 7) is 1.96. The summed E-state index contributed by atoms with van der Waals surface area (Å²) < 4.78 is 2.55. The second-order valence-electron chi connectivity index (χ2n) is 6.01. The molecule has 1 N–H and O–H groups in total. The quantitative estimate of drug-likeness (QED) is 0.689.